The number of rotatable bonds is 4. The highest BCUT2D eigenvalue weighted by Crippen LogP contribution is 2.19. The number of nitrogens with one attached hydrogen (secondary N) is 1. The molecule has 1 N–H and O–H groups in total. The second-order valence-corrected chi connectivity index (χ2v) is 3.95. The summed E-state index contributed by atoms with van der Waals surface area (Å²) in [5.41, 5.74) is 0.523. The third-order valence-corrected chi connectivity index (χ3v) is 2.50. The fraction of sp³-hybridized carbons (Fsp3) is 0.455. The number of hydrogen-bond acceptors (Lipinski definition) is 1. The van der Waals surface area contributed by atoms with Crippen molar-refractivity contribution in [3.8, 4) is 0 Å². The van der Waals surface area contributed by atoms with E-state index >= 15 is 0 Å². The minimum absolute atomic E-state index is 0.291. The molecule has 0 radical (unpaired) electrons. The van der Waals surface area contributed by atoms with Gasteiger partial charge in [0.05, 0.1) is 5.69 Å². The predicted octanol–water partition coefficient (Wildman–Crippen LogP) is 3.94. The van der Waals surface area contributed by atoms with Gasteiger partial charge in [-0.1, -0.05) is 31.9 Å². The van der Waals surface area contributed by atoms with E-state index in [0.717, 1.165) is 13.0 Å². The van der Waals surface area contributed by atoms with Crippen molar-refractivity contribution in [1.29, 1.82) is 0 Å². The lowest BCUT2D eigenvalue weighted by Crippen LogP contribution is -2.11. The minimum atomic E-state index is -0.291. The summed E-state index contributed by atoms with van der Waals surface area (Å²) in [4.78, 5) is 0. The van der Waals surface area contributed by atoms with Gasteiger partial charge in [0, 0.05) is 11.6 Å². The third-order valence-electron chi connectivity index (χ3n) is 2.27. The van der Waals surface area contributed by atoms with Crippen molar-refractivity contribution in [2.75, 3.05) is 11.9 Å². The minimum Gasteiger partial charge on any atom is -0.382 e. The van der Waals surface area contributed by atoms with Gasteiger partial charge in [-0.25, -0.2) is 4.39 Å². The summed E-state index contributed by atoms with van der Waals surface area (Å²) in [7, 11) is 0. The molecule has 0 fully saturated rings. The van der Waals surface area contributed by atoms with Crippen LogP contribution in [0.15, 0.2) is 18.2 Å². The molecule has 1 aromatic rings. The lowest BCUT2D eigenvalue weighted by Gasteiger charge is -2.11. The molecule has 0 heterocycles. The van der Waals surface area contributed by atoms with Crippen molar-refractivity contribution < 1.29 is 4.39 Å². The highest BCUT2D eigenvalue weighted by atomic mass is 35.5. The zero-order chi connectivity index (χ0) is 10.6. The number of hydrogen-bond donors (Lipinski definition) is 1. The van der Waals surface area contributed by atoms with Gasteiger partial charge in [0.1, 0.15) is 5.82 Å². The Morgan fingerprint density at radius 3 is 2.79 bits per heavy atom. The molecule has 1 atom stereocenters. The van der Waals surface area contributed by atoms with E-state index in [2.05, 4.69) is 19.2 Å². The quantitative estimate of drug-likeness (QED) is 0.803. The summed E-state index contributed by atoms with van der Waals surface area (Å²) in [5.74, 6) is 0.255. The van der Waals surface area contributed by atoms with Crippen LogP contribution in [0.5, 0.6) is 0 Å². The molecule has 0 aliphatic heterocycles. The Morgan fingerprint density at radius 1 is 1.50 bits per heavy atom. The molecule has 0 aliphatic rings. The molecule has 3 heteroatoms. The first-order chi connectivity index (χ1) is 6.63. The normalized spacial score (nSPS) is 12.6. The van der Waals surface area contributed by atoms with Crippen LogP contribution in [0.2, 0.25) is 5.02 Å². The van der Waals surface area contributed by atoms with Gasteiger partial charge in [0.15, 0.2) is 0 Å². The zero-order valence-electron chi connectivity index (χ0n) is 8.48. The first-order valence-electron chi connectivity index (χ1n) is 4.82. The van der Waals surface area contributed by atoms with Gasteiger partial charge in [0.25, 0.3) is 0 Å². The molecule has 1 unspecified atom stereocenters. The largest absolute Gasteiger partial charge is 0.382 e. The summed E-state index contributed by atoms with van der Waals surface area (Å²) < 4.78 is 13.3. The van der Waals surface area contributed by atoms with Crippen LogP contribution in [-0.4, -0.2) is 6.54 Å². The molecule has 0 spiro atoms. The Kier molecular flexibility index (Phi) is 4.21. The van der Waals surface area contributed by atoms with E-state index in [0.29, 0.717) is 16.6 Å². The topological polar surface area (TPSA) is 12.0 Å². The highest BCUT2D eigenvalue weighted by Gasteiger charge is 2.03. The maximum atomic E-state index is 13.3. The zero-order valence-corrected chi connectivity index (χ0v) is 9.24. The molecule has 0 aromatic heterocycles. The maximum absolute atomic E-state index is 13.3. The molecule has 14 heavy (non-hydrogen) atoms. The van der Waals surface area contributed by atoms with E-state index in [4.69, 9.17) is 11.6 Å². The third kappa shape index (κ3) is 3.18. The molecule has 1 aromatic carbocycles. The van der Waals surface area contributed by atoms with Crippen LogP contribution in [0.3, 0.4) is 0 Å². The van der Waals surface area contributed by atoms with Crippen LogP contribution in [-0.2, 0) is 0 Å². The van der Waals surface area contributed by atoms with Gasteiger partial charge in [-0.3, -0.25) is 0 Å². The smallest absolute Gasteiger partial charge is 0.147 e. The van der Waals surface area contributed by atoms with Crippen LogP contribution in [0.25, 0.3) is 0 Å². The predicted molar refractivity (Wildman–Crippen MR) is 59.4 cm³/mol. The molecule has 1 nitrogen and oxygen atoms in total. The van der Waals surface area contributed by atoms with Gasteiger partial charge in [0.2, 0.25) is 0 Å². The van der Waals surface area contributed by atoms with E-state index in [9.17, 15) is 4.39 Å². The van der Waals surface area contributed by atoms with E-state index in [-0.39, 0.29) is 5.82 Å². The van der Waals surface area contributed by atoms with Gasteiger partial charge >= 0.3 is 0 Å². The Bertz CT molecular complexity index is 301. The van der Waals surface area contributed by atoms with Crippen molar-refractivity contribution in [2.45, 2.75) is 20.3 Å². The molecule has 78 valence electrons. The summed E-state index contributed by atoms with van der Waals surface area (Å²) >= 11 is 5.64. The van der Waals surface area contributed by atoms with Crippen molar-refractivity contribution in [3.63, 3.8) is 0 Å². The second-order valence-electron chi connectivity index (χ2n) is 3.52. The van der Waals surface area contributed by atoms with Crippen molar-refractivity contribution in [2.24, 2.45) is 5.92 Å². The lowest BCUT2D eigenvalue weighted by molar-refractivity contribution is 0.585. The fourth-order valence-corrected chi connectivity index (χ4v) is 1.22. The van der Waals surface area contributed by atoms with E-state index in [1.54, 1.807) is 12.1 Å². The van der Waals surface area contributed by atoms with Crippen LogP contribution in [0, 0.1) is 11.7 Å². The van der Waals surface area contributed by atoms with Crippen molar-refractivity contribution in [3.05, 3.63) is 29.0 Å². The Morgan fingerprint density at radius 2 is 2.21 bits per heavy atom. The Balaban J connectivity index is 2.59. The SMILES string of the molecule is CCC(C)CNc1ccc(Cl)cc1F. The van der Waals surface area contributed by atoms with Gasteiger partial charge in [-0.05, 0) is 24.1 Å². The van der Waals surface area contributed by atoms with Crippen molar-refractivity contribution >= 4 is 17.3 Å². The molecule has 1 rings (SSSR count). The van der Waals surface area contributed by atoms with Gasteiger partial charge < -0.3 is 5.32 Å². The van der Waals surface area contributed by atoms with Crippen LogP contribution in [0.1, 0.15) is 20.3 Å². The van der Waals surface area contributed by atoms with Crippen LogP contribution >= 0.6 is 11.6 Å². The van der Waals surface area contributed by atoms with E-state index < -0.39 is 0 Å². The molecule has 0 saturated heterocycles. The van der Waals surface area contributed by atoms with Gasteiger partial charge in [-0.2, -0.15) is 0 Å². The van der Waals surface area contributed by atoms with E-state index in [1.165, 1.54) is 6.07 Å². The lowest BCUT2D eigenvalue weighted by atomic mass is 10.1. The number of halogens is 2. The molecular formula is C11H15ClFN. The molecule has 0 aliphatic carbocycles. The van der Waals surface area contributed by atoms with Crippen molar-refractivity contribution in [1.82, 2.24) is 0 Å². The first-order valence-corrected chi connectivity index (χ1v) is 5.20. The maximum Gasteiger partial charge on any atom is 0.147 e. The van der Waals surface area contributed by atoms with Crippen LogP contribution in [0.4, 0.5) is 10.1 Å². The average Bonchev–Trinajstić information content (AvgIpc) is 2.16. The molecule has 0 amide bonds. The monoisotopic (exact) mass is 215 g/mol. The first kappa shape index (κ1) is 11.3. The average molecular weight is 216 g/mol. The summed E-state index contributed by atoms with van der Waals surface area (Å²) in [5, 5.41) is 3.48. The van der Waals surface area contributed by atoms with E-state index in [1.807, 2.05) is 0 Å². The Labute approximate surface area is 89.3 Å². The summed E-state index contributed by atoms with van der Waals surface area (Å²) in [6.07, 6.45) is 1.09. The molecule has 0 saturated carbocycles. The highest BCUT2D eigenvalue weighted by molar-refractivity contribution is 6.30. The van der Waals surface area contributed by atoms with Gasteiger partial charge in [-0.15, -0.1) is 0 Å². The summed E-state index contributed by atoms with van der Waals surface area (Å²) in [6, 6.07) is 4.67. The number of anilines is 1. The second kappa shape index (κ2) is 5.20. The number of benzene rings is 1. The summed E-state index contributed by atoms with van der Waals surface area (Å²) in [6.45, 7) is 5.03. The fourth-order valence-electron chi connectivity index (χ4n) is 1.06. The Hall–Kier alpha value is -0.760. The molecular weight excluding hydrogens is 201 g/mol. The molecule has 0 bridgehead atoms. The standard InChI is InChI=1S/C11H15ClFN/c1-3-8(2)7-14-11-5-4-9(12)6-10(11)13/h4-6,8,14H,3,7H2,1-2H3. The van der Waals surface area contributed by atoms with Crippen LogP contribution < -0.4 is 5.32 Å².